The first kappa shape index (κ1) is 32.6. The average molecular weight is 605 g/mol. The van der Waals surface area contributed by atoms with E-state index in [1.165, 1.54) is 12.4 Å². The maximum atomic E-state index is 14.9. The number of aryl methyl sites for hydroxylation is 2. The lowest BCUT2D eigenvalue weighted by molar-refractivity contribution is -0.138. The van der Waals surface area contributed by atoms with E-state index in [9.17, 15) is 28.3 Å². The predicted octanol–water partition coefficient (Wildman–Crippen LogP) is 4.76. The summed E-state index contributed by atoms with van der Waals surface area (Å²) in [5.41, 5.74) is 3.77. The number of amides is 1. The van der Waals surface area contributed by atoms with Crippen LogP contribution in [-0.4, -0.2) is 57.2 Å². The molecule has 0 spiro atoms. The van der Waals surface area contributed by atoms with Gasteiger partial charge in [0.1, 0.15) is 17.9 Å². The number of aliphatic carboxylic acids is 1. The van der Waals surface area contributed by atoms with Crippen molar-refractivity contribution in [2.45, 2.75) is 65.2 Å². The number of hydrogen-bond acceptors (Lipinski definition) is 5. The van der Waals surface area contributed by atoms with Gasteiger partial charge in [0.25, 0.3) is 5.56 Å². The van der Waals surface area contributed by atoms with E-state index in [2.05, 4.69) is 16.2 Å². The Morgan fingerprint density at radius 3 is 2.48 bits per heavy atom. The normalized spacial score (nSPS) is 15.0. The minimum Gasteiger partial charge on any atom is -0.481 e. The molecule has 1 fully saturated rings. The van der Waals surface area contributed by atoms with Crippen LogP contribution in [0, 0.1) is 37.9 Å². The minimum absolute atomic E-state index is 0.0583. The maximum absolute atomic E-state index is 14.9. The molecule has 1 amide bonds. The summed E-state index contributed by atoms with van der Waals surface area (Å²) in [6, 6.07) is 6.57. The van der Waals surface area contributed by atoms with Crippen molar-refractivity contribution in [3.8, 4) is 23.5 Å². The van der Waals surface area contributed by atoms with Gasteiger partial charge >= 0.3 is 5.97 Å². The molecule has 0 saturated carbocycles. The number of carbonyl (C=O) groups excluding carboxylic acids is 1. The summed E-state index contributed by atoms with van der Waals surface area (Å²) in [5, 5.41) is 12.6. The number of nitrogens with zero attached hydrogens (tertiary/aromatic N) is 3. The molecule has 8 nitrogen and oxygen atoms in total. The number of rotatable bonds is 12. The lowest BCUT2D eigenvalue weighted by atomic mass is 9.92. The number of pyridine rings is 2. The molecule has 4 rings (SSSR count). The van der Waals surface area contributed by atoms with Crippen molar-refractivity contribution in [1.82, 2.24) is 19.8 Å². The molecule has 1 aliphatic heterocycles. The highest BCUT2D eigenvalue weighted by Crippen LogP contribution is 2.32. The molecule has 1 aromatic carbocycles. The Morgan fingerprint density at radius 1 is 1.20 bits per heavy atom. The van der Waals surface area contributed by atoms with Gasteiger partial charge in [0.15, 0.2) is 5.82 Å². The first-order valence-electron chi connectivity index (χ1n) is 14.7. The second-order valence-electron chi connectivity index (χ2n) is 11.9. The van der Waals surface area contributed by atoms with Crippen molar-refractivity contribution >= 4 is 11.9 Å². The van der Waals surface area contributed by atoms with E-state index in [0.717, 1.165) is 27.3 Å². The Bertz CT molecular complexity index is 1620. The number of halogens is 2. The van der Waals surface area contributed by atoms with E-state index in [0.29, 0.717) is 48.4 Å². The van der Waals surface area contributed by atoms with Crippen LogP contribution in [0.4, 0.5) is 8.78 Å². The molecule has 1 aliphatic rings. The van der Waals surface area contributed by atoms with E-state index in [-0.39, 0.29) is 12.3 Å². The molecule has 0 bridgehead atoms. The van der Waals surface area contributed by atoms with E-state index in [4.69, 9.17) is 6.42 Å². The van der Waals surface area contributed by atoms with Crippen molar-refractivity contribution in [2.75, 3.05) is 19.6 Å². The molecule has 232 valence electrons. The Labute approximate surface area is 256 Å². The quantitative estimate of drug-likeness (QED) is 0.289. The van der Waals surface area contributed by atoms with Crippen LogP contribution in [-0.2, 0) is 16.0 Å². The molecule has 2 N–H and O–H groups in total. The fraction of sp³-hybridized carbons (Fsp3) is 0.412. The second kappa shape index (κ2) is 14.0. The van der Waals surface area contributed by atoms with Crippen molar-refractivity contribution in [3.63, 3.8) is 0 Å². The van der Waals surface area contributed by atoms with Gasteiger partial charge in [-0.1, -0.05) is 32.0 Å². The highest BCUT2D eigenvalue weighted by Gasteiger charge is 2.29. The zero-order chi connectivity index (χ0) is 32.1. The minimum atomic E-state index is -1.16. The lowest BCUT2D eigenvalue weighted by Gasteiger charge is -2.34. The fourth-order valence-electron chi connectivity index (χ4n) is 5.67. The summed E-state index contributed by atoms with van der Waals surface area (Å²) in [7, 11) is 0. The first-order valence-corrected chi connectivity index (χ1v) is 14.7. The molecule has 2 aromatic heterocycles. The molecular formula is C34H38F2N4O4. The molecule has 44 heavy (non-hydrogen) atoms. The third-order valence-electron chi connectivity index (χ3n) is 7.91. The number of carboxylic acid groups (broad SMARTS) is 1. The van der Waals surface area contributed by atoms with Crippen LogP contribution in [0.15, 0.2) is 47.5 Å². The average Bonchev–Trinajstić information content (AvgIpc) is 2.94. The number of carboxylic acids is 1. The summed E-state index contributed by atoms with van der Waals surface area (Å²) in [6.45, 7) is 8.74. The summed E-state index contributed by atoms with van der Waals surface area (Å²) in [6.07, 6.45) is 7.92. The summed E-state index contributed by atoms with van der Waals surface area (Å²) in [5.74, 6) is -0.241. The van der Waals surface area contributed by atoms with Gasteiger partial charge in [-0.3, -0.25) is 19.3 Å². The van der Waals surface area contributed by atoms with E-state index < -0.39 is 47.9 Å². The van der Waals surface area contributed by atoms with Gasteiger partial charge in [-0.15, -0.1) is 6.42 Å². The molecule has 0 unspecified atom stereocenters. The molecule has 10 heteroatoms. The first-order chi connectivity index (χ1) is 20.9. The van der Waals surface area contributed by atoms with Crippen molar-refractivity contribution in [3.05, 3.63) is 86.8 Å². The Hall–Kier alpha value is -4.36. The number of terminal acetylenes is 1. The Morgan fingerprint density at radius 2 is 1.89 bits per heavy atom. The van der Waals surface area contributed by atoms with Gasteiger partial charge in [-0.05, 0) is 78.5 Å². The van der Waals surface area contributed by atoms with Gasteiger partial charge in [0, 0.05) is 37.6 Å². The Balaban J connectivity index is 1.69. The number of likely N-dealkylation sites (tertiary alicyclic amines) is 1. The third-order valence-corrected chi connectivity index (χ3v) is 7.91. The number of carbonyl (C=O) groups is 2. The van der Waals surface area contributed by atoms with Gasteiger partial charge < -0.3 is 15.0 Å². The second-order valence-corrected chi connectivity index (χ2v) is 11.9. The number of benzene rings is 1. The molecule has 1 saturated heterocycles. The molecule has 3 aromatic rings. The van der Waals surface area contributed by atoms with Crippen LogP contribution >= 0.6 is 0 Å². The van der Waals surface area contributed by atoms with Gasteiger partial charge in [0.05, 0.1) is 12.5 Å². The summed E-state index contributed by atoms with van der Waals surface area (Å²) >= 11 is 0. The van der Waals surface area contributed by atoms with E-state index in [1.54, 1.807) is 6.07 Å². The lowest BCUT2D eigenvalue weighted by Crippen LogP contribution is -2.49. The molecular weight excluding hydrogens is 566 g/mol. The molecule has 2 atom stereocenters. The number of nitrogens with one attached hydrogen (secondary N) is 1. The topological polar surface area (TPSA) is 105 Å². The van der Waals surface area contributed by atoms with Gasteiger partial charge in [0.2, 0.25) is 5.91 Å². The van der Waals surface area contributed by atoms with Crippen molar-refractivity contribution in [1.29, 1.82) is 0 Å². The molecule has 0 aliphatic carbocycles. The Kier molecular flexibility index (Phi) is 10.3. The highest BCUT2D eigenvalue weighted by atomic mass is 19.1. The smallest absolute Gasteiger partial charge is 0.305 e. The fourth-order valence-corrected chi connectivity index (χ4v) is 5.67. The third kappa shape index (κ3) is 7.58. The van der Waals surface area contributed by atoms with Crippen LogP contribution in [0.25, 0.3) is 11.1 Å². The molecule has 3 heterocycles. The van der Waals surface area contributed by atoms with Crippen molar-refractivity contribution < 1.29 is 23.5 Å². The van der Waals surface area contributed by atoms with E-state index >= 15 is 0 Å². The standard InChI is InChI=1S/C34H38F2N4O4/c1-6-28-26(32-21(4)8-7-9-22(32)5)14-24(16-37-28)29(15-31(41)42)38-33(43)30(12-20(2)3)40-17-23(13-27(36)34(40)44)10-11-39-18-25(35)19-39/h1,7-9,13-14,16-17,20,25,29-30H,10-12,15,18-19H2,2-5H3,(H,38,43)(H,41,42)/t29-,30-/m0/s1. The van der Waals surface area contributed by atoms with E-state index in [1.807, 2.05) is 50.8 Å². The van der Waals surface area contributed by atoms with Crippen LogP contribution in [0.1, 0.15) is 66.7 Å². The monoisotopic (exact) mass is 604 g/mol. The summed E-state index contributed by atoms with van der Waals surface area (Å²) in [4.78, 5) is 45.1. The van der Waals surface area contributed by atoms with Crippen LogP contribution < -0.4 is 10.9 Å². The largest absolute Gasteiger partial charge is 0.481 e. The van der Waals surface area contributed by atoms with Gasteiger partial charge in [-0.25, -0.2) is 13.8 Å². The SMILES string of the molecule is C#Cc1ncc([C@H](CC(=O)O)NC(=O)[C@H](CC(C)C)n2cc(CCN3CC(F)C3)cc(F)c2=O)cc1-c1c(C)cccc1C. The maximum Gasteiger partial charge on any atom is 0.305 e. The number of aromatic nitrogens is 2. The van der Waals surface area contributed by atoms with Crippen LogP contribution in [0.2, 0.25) is 0 Å². The number of hydrogen-bond donors (Lipinski definition) is 2. The van der Waals surface area contributed by atoms with Gasteiger partial charge in [-0.2, -0.15) is 0 Å². The summed E-state index contributed by atoms with van der Waals surface area (Å²) < 4.78 is 29.2. The van der Waals surface area contributed by atoms with Crippen LogP contribution in [0.5, 0.6) is 0 Å². The predicted molar refractivity (Wildman–Crippen MR) is 164 cm³/mol. The highest BCUT2D eigenvalue weighted by molar-refractivity contribution is 5.82. The molecule has 0 radical (unpaired) electrons. The zero-order valence-corrected chi connectivity index (χ0v) is 25.4. The number of alkyl halides is 1. The van der Waals surface area contributed by atoms with Crippen LogP contribution in [0.3, 0.4) is 0 Å². The van der Waals surface area contributed by atoms with Crippen molar-refractivity contribution in [2.24, 2.45) is 5.92 Å². The zero-order valence-electron chi connectivity index (χ0n) is 25.4.